The van der Waals surface area contributed by atoms with Gasteiger partial charge in [0.1, 0.15) is 17.4 Å². The lowest BCUT2D eigenvalue weighted by atomic mass is 10.0. The Balaban J connectivity index is 1.41. The van der Waals surface area contributed by atoms with Crippen LogP contribution in [0.2, 0.25) is 0 Å². The van der Waals surface area contributed by atoms with Gasteiger partial charge in [0, 0.05) is 50.6 Å². The third kappa shape index (κ3) is 4.82. The van der Waals surface area contributed by atoms with E-state index in [0.29, 0.717) is 56.5 Å². The summed E-state index contributed by atoms with van der Waals surface area (Å²) in [4.78, 5) is 18.6. The van der Waals surface area contributed by atoms with Crippen molar-refractivity contribution in [2.75, 3.05) is 51.0 Å². The van der Waals surface area contributed by atoms with Crippen LogP contribution in [0.25, 0.3) is 16.8 Å². The highest BCUT2D eigenvalue weighted by molar-refractivity contribution is 7.88. The third-order valence-corrected chi connectivity index (χ3v) is 8.15. The number of hydrogen-bond donors (Lipinski definition) is 1. The van der Waals surface area contributed by atoms with Gasteiger partial charge in [-0.1, -0.05) is 6.07 Å². The summed E-state index contributed by atoms with van der Waals surface area (Å²) in [6, 6.07) is 7.70. The molecule has 12 heteroatoms. The smallest absolute Gasteiger partial charge is 0.240 e. The predicted molar refractivity (Wildman–Crippen MR) is 135 cm³/mol. The zero-order valence-electron chi connectivity index (χ0n) is 20.5. The van der Waals surface area contributed by atoms with Crippen LogP contribution in [0.5, 0.6) is 11.6 Å². The van der Waals surface area contributed by atoms with Crippen molar-refractivity contribution in [3.63, 3.8) is 0 Å². The Kier molecular flexibility index (Phi) is 6.47. The van der Waals surface area contributed by atoms with E-state index < -0.39 is 10.0 Å². The Morgan fingerprint density at radius 3 is 2.61 bits per heavy atom. The predicted octanol–water partition coefficient (Wildman–Crippen LogP) is 1.39. The van der Waals surface area contributed by atoms with Gasteiger partial charge in [-0.3, -0.25) is 4.79 Å². The van der Waals surface area contributed by atoms with Gasteiger partial charge in [-0.25, -0.2) is 17.9 Å². The van der Waals surface area contributed by atoms with Gasteiger partial charge >= 0.3 is 0 Å². The van der Waals surface area contributed by atoms with Gasteiger partial charge in [0.15, 0.2) is 0 Å². The van der Waals surface area contributed by atoms with Crippen LogP contribution in [0, 0.1) is 5.92 Å². The fourth-order valence-electron chi connectivity index (χ4n) is 4.71. The van der Waals surface area contributed by atoms with Crippen LogP contribution in [0.3, 0.4) is 0 Å². The zero-order chi connectivity index (χ0) is 25.4. The molecule has 2 saturated heterocycles. The number of piperazine rings is 1. The Morgan fingerprint density at radius 2 is 1.94 bits per heavy atom. The molecule has 2 fully saturated rings. The molecule has 2 aliphatic rings. The standard InChI is InChI=1S/C24H30N6O5S/c1-16(18-13-23(31)25-14-18)35-24-21-6-7-26-30(21)15-19(27-24)17-4-5-20(22(12-17)34-2)28-8-10-29(11-9-28)36(3,32)33/h4-7,12,15-16,18H,8-11,13-14H2,1-3H3,(H,25,31). The molecule has 0 aliphatic carbocycles. The number of anilines is 1. The molecule has 5 rings (SSSR count). The van der Waals surface area contributed by atoms with Gasteiger partial charge in [0.2, 0.25) is 21.8 Å². The highest BCUT2D eigenvalue weighted by Crippen LogP contribution is 2.35. The molecular formula is C24H30N6O5S. The number of methoxy groups -OCH3 is 1. The van der Waals surface area contributed by atoms with E-state index >= 15 is 0 Å². The van der Waals surface area contributed by atoms with Gasteiger partial charge in [-0.05, 0) is 25.1 Å². The van der Waals surface area contributed by atoms with Crippen molar-refractivity contribution < 1.29 is 22.7 Å². The molecule has 11 nitrogen and oxygen atoms in total. The number of fused-ring (bicyclic) bond motifs is 1. The first kappa shape index (κ1) is 24.3. The second kappa shape index (κ2) is 9.58. The summed E-state index contributed by atoms with van der Waals surface area (Å²) in [7, 11) is -1.58. The molecular weight excluding hydrogens is 484 g/mol. The summed E-state index contributed by atoms with van der Waals surface area (Å²) >= 11 is 0. The molecule has 0 spiro atoms. The molecule has 192 valence electrons. The van der Waals surface area contributed by atoms with E-state index in [9.17, 15) is 13.2 Å². The number of hydrogen-bond acceptors (Lipinski definition) is 8. The van der Waals surface area contributed by atoms with E-state index in [2.05, 4.69) is 15.3 Å². The Bertz CT molecular complexity index is 1380. The van der Waals surface area contributed by atoms with Gasteiger partial charge in [-0.2, -0.15) is 9.40 Å². The summed E-state index contributed by atoms with van der Waals surface area (Å²) in [5.74, 6) is 1.25. The molecule has 0 radical (unpaired) electrons. The normalized spacial score (nSPS) is 19.9. The molecule has 0 saturated carbocycles. The van der Waals surface area contributed by atoms with E-state index in [1.807, 2.05) is 37.4 Å². The molecule has 1 aromatic carbocycles. The summed E-state index contributed by atoms with van der Waals surface area (Å²) in [5, 5.41) is 7.23. The van der Waals surface area contributed by atoms with Gasteiger partial charge in [0.25, 0.3) is 0 Å². The Hall–Kier alpha value is -3.38. The average molecular weight is 515 g/mol. The van der Waals surface area contributed by atoms with Crippen molar-refractivity contribution in [3.8, 4) is 22.9 Å². The summed E-state index contributed by atoms with van der Waals surface area (Å²) in [5.41, 5.74) is 3.15. The summed E-state index contributed by atoms with van der Waals surface area (Å²) in [6.07, 6.45) is 5.01. The average Bonchev–Trinajstić information content (AvgIpc) is 3.52. The first-order valence-electron chi connectivity index (χ1n) is 11.9. The monoisotopic (exact) mass is 514 g/mol. The van der Waals surface area contributed by atoms with E-state index in [0.717, 1.165) is 16.8 Å². The molecule has 2 aromatic heterocycles. The minimum Gasteiger partial charge on any atom is -0.495 e. The summed E-state index contributed by atoms with van der Waals surface area (Å²) in [6.45, 7) is 4.56. The number of nitrogens with one attached hydrogen (secondary N) is 1. The molecule has 36 heavy (non-hydrogen) atoms. The number of nitrogens with zero attached hydrogens (tertiary/aromatic N) is 5. The number of sulfonamides is 1. The van der Waals surface area contributed by atoms with Crippen molar-refractivity contribution in [2.45, 2.75) is 19.4 Å². The van der Waals surface area contributed by atoms with Gasteiger partial charge in [0.05, 0.1) is 37.1 Å². The molecule has 3 aromatic rings. The molecule has 1 N–H and O–H groups in total. The number of rotatable bonds is 7. The zero-order valence-corrected chi connectivity index (χ0v) is 21.4. The highest BCUT2D eigenvalue weighted by atomic mass is 32.2. The van der Waals surface area contributed by atoms with Crippen molar-refractivity contribution in [1.82, 2.24) is 24.2 Å². The molecule has 4 heterocycles. The van der Waals surface area contributed by atoms with Crippen LogP contribution in [0.15, 0.2) is 36.7 Å². The first-order valence-corrected chi connectivity index (χ1v) is 13.7. The lowest BCUT2D eigenvalue weighted by molar-refractivity contribution is -0.119. The van der Waals surface area contributed by atoms with Gasteiger partial charge < -0.3 is 19.7 Å². The number of ether oxygens (including phenoxy) is 2. The number of aromatic nitrogens is 3. The van der Waals surface area contributed by atoms with Crippen LogP contribution >= 0.6 is 0 Å². The van der Waals surface area contributed by atoms with Crippen molar-refractivity contribution >= 4 is 27.1 Å². The van der Waals surface area contributed by atoms with E-state index in [-0.39, 0.29) is 17.9 Å². The number of benzene rings is 1. The Morgan fingerprint density at radius 1 is 1.17 bits per heavy atom. The third-order valence-electron chi connectivity index (χ3n) is 6.85. The van der Waals surface area contributed by atoms with Crippen LogP contribution in [0.4, 0.5) is 5.69 Å². The number of carbonyl (C=O) groups excluding carboxylic acids is 1. The lowest BCUT2D eigenvalue weighted by Gasteiger charge is -2.35. The maximum Gasteiger partial charge on any atom is 0.240 e. The van der Waals surface area contributed by atoms with E-state index in [1.54, 1.807) is 17.8 Å². The topological polar surface area (TPSA) is 118 Å². The molecule has 1 amide bonds. The van der Waals surface area contributed by atoms with Crippen LogP contribution in [0.1, 0.15) is 13.3 Å². The molecule has 2 unspecified atom stereocenters. The maximum atomic E-state index is 11.9. The van der Waals surface area contributed by atoms with Crippen molar-refractivity contribution in [3.05, 3.63) is 36.7 Å². The second-order valence-electron chi connectivity index (χ2n) is 9.22. The Labute approximate surface area is 210 Å². The van der Waals surface area contributed by atoms with Crippen molar-refractivity contribution in [1.29, 1.82) is 0 Å². The largest absolute Gasteiger partial charge is 0.495 e. The van der Waals surface area contributed by atoms with E-state index in [1.165, 1.54) is 10.6 Å². The highest BCUT2D eigenvalue weighted by Gasteiger charge is 2.29. The van der Waals surface area contributed by atoms with Crippen LogP contribution < -0.4 is 19.7 Å². The van der Waals surface area contributed by atoms with Crippen LogP contribution in [-0.2, 0) is 14.8 Å². The molecule has 2 atom stereocenters. The van der Waals surface area contributed by atoms with Crippen molar-refractivity contribution in [2.24, 2.45) is 5.92 Å². The minimum atomic E-state index is -3.20. The fraction of sp³-hybridized carbons (Fsp3) is 0.458. The SMILES string of the molecule is COc1cc(-c2cn3nccc3c(OC(C)C3CNC(=O)C3)n2)ccc1N1CCN(S(C)(=O)=O)CC1. The molecule has 0 bridgehead atoms. The number of carbonyl (C=O) groups is 1. The van der Waals surface area contributed by atoms with E-state index in [4.69, 9.17) is 14.5 Å². The fourth-order valence-corrected chi connectivity index (χ4v) is 5.54. The van der Waals surface area contributed by atoms with Crippen LogP contribution in [-0.4, -0.2) is 85.4 Å². The summed E-state index contributed by atoms with van der Waals surface area (Å²) < 4.78 is 38.9. The lowest BCUT2D eigenvalue weighted by Crippen LogP contribution is -2.48. The van der Waals surface area contributed by atoms with Gasteiger partial charge in [-0.15, -0.1) is 0 Å². The first-order chi connectivity index (χ1) is 17.2. The quantitative estimate of drug-likeness (QED) is 0.503. The molecule has 2 aliphatic heterocycles. The minimum absolute atomic E-state index is 0.0385. The maximum absolute atomic E-state index is 11.9. The number of amides is 1. The second-order valence-corrected chi connectivity index (χ2v) is 11.2.